The predicted octanol–water partition coefficient (Wildman–Crippen LogP) is 2.84. The topological polar surface area (TPSA) is 0 Å². The smallest absolute Gasteiger partial charge is 0.00699 e. The fourth-order valence-electron chi connectivity index (χ4n) is 1.05. The average molecular weight is 120 g/mol. The van der Waals surface area contributed by atoms with Crippen molar-refractivity contribution in [2.45, 2.75) is 19.8 Å². The SMILES string of the molecule is C=C1CC=C(/C=C/C)C1. The monoisotopic (exact) mass is 120 g/mol. The van der Waals surface area contributed by atoms with Gasteiger partial charge in [0.15, 0.2) is 0 Å². The molecule has 0 nitrogen and oxygen atoms in total. The van der Waals surface area contributed by atoms with Gasteiger partial charge in [0.1, 0.15) is 0 Å². The Hall–Kier alpha value is -0.780. The first kappa shape index (κ1) is 6.34. The van der Waals surface area contributed by atoms with E-state index in [-0.39, 0.29) is 0 Å². The fourth-order valence-corrected chi connectivity index (χ4v) is 1.05. The molecule has 0 N–H and O–H groups in total. The molecular weight excluding hydrogens is 108 g/mol. The summed E-state index contributed by atoms with van der Waals surface area (Å²) >= 11 is 0. The van der Waals surface area contributed by atoms with Crippen LogP contribution in [0.3, 0.4) is 0 Å². The van der Waals surface area contributed by atoms with Crippen molar-refractivity contribution in [3.05, 3.63) is 36.0 Å². The van der Waals surface area contributed by atoms with Gasteiger partial charge in [-0.25, -0.2) is 0 Å². The van der Waals surface area contributed by atoms with Crippen LogP contribution in [0.15, 0.2) is 36.0 Å². The first-order valence-electron chi connectivity index (χ1n) is 3.31. The van der Waals surface area contributed by atoms with Crippen molar-refractivity contribution in [2.75, 3.05) is 0 Å². The summed E-state index contributed by atoms with van der Waals surface area (Å²) < 4.78 is 0. The van der Waals surface area contributed by atoms with Gasteiger partial charge in [0.05, 0.1) is 0 Å². The molecule has 0 heterocycles. The molecule has 0 aromatic carbocycles. The van der Waals surface area contributed by atoms with Crippen LogP contribution in [0.25, 0.3) is 0 Å². The van der Waals surface area contributed by atoms with E-state index in [1.807, 2.05) is 6.92 Å². The number of rotatable bonds is 1. The normalized spacial score (nSPS) is 19.2. The van der Waals surface area contributed by atoms with E-state index in [0.717, 1.165) is 12.8 Å². The van der Waals surface area contributed by atoms with Gasteiger partial charge in [0, 0.05) is 0 Å². The minimum Gasteiger partial charge on any atom is -0.0992 e. The van der Waals surface area contributed by atoms with E-state index in [4.69, 9.17) is 0 Å². The summed E-state index contributed by atoms with van der Waals surface area (Å²) in [6.45, 7) is 5.94. The van der Waals surface area contributed by atoms with E-state index < -0.39 is 0 Å². The largest absolute Gasteiger partial charge is 0.0992 e. The highest BCUT2D eigenvalue weighted by molar-refractivity contribution is 5.31. The van der Waals surface area contributed by atoms with Crippen LogP contribution in [0.2, 0.25) is 0 Å². The Bertz CT molecular complexity index is 170. The van der Waals surface area contributed by atoms with Gasteiger partial charge in [0.2, 0.25) is 0 Å². The third kappa shape index (κ3) is 1.56. The Labute approximate surface area is 56.6 Å². The Kier molecular flexibility index (Phi) is 1.88. The maximum Gasteiger partial charge on any atom is -0.00699 e. The Morgan fingerprint density at radius 1 is 1.67 bits per heavy atom. The van der Waals surface area contributed by atoms with E-state index in [0.29, 0.717) is 0 Å². The van der Waals surface area contributed by atoms with Crippen molar-refractivity contribution in [1.82, 2.24) is 0 Å². The Morgan fingerprint density at radius 2 is 2.44 bits per heavy atom. The quantitative estimate of drug-likeness (QED) is 0.467. The molecule has 1 rings (SSSR count). The maximum absolute atomic E-state index is 3.90. The van der Waals surface area contributed by atoms with Crippen LogP contribution in [0, 0.1) is 0 Å². The van der Waals surface area contributed by atoms with Crippen LogP contribution >= 0.6 is 0 Å². The molecule has 0 heteroatoms. The third-order valence-electron chi connectivity index (χ3n) is 1.49. The summed E-state index contributed by atoms with van der Waals surface area (Å²) in [5, 5.41) is 0. The first-order valence-corrected chi connectivity index (χ1v) is 3.31. The molecule has 0 aromatic heterocycles. The molecule has 0 aromatic rings. The van der Waals surface area contributed by atoms with Crippen LogP contribution < -0.4 is 0 Å². The number of hydrogen-bond donors (Lipinski definition) is 0. The molecule has 0 bridgehead atoms. The third-order valence-corrected chi connectivity index (χ3v) is 1.49. The Balaban J connectivity index is 2.55. The first-order chi connectivity index (χ1) is 4.33. The van der Waals surface area contributed by atoms with Gasteiger partial charge in [-0.05, 0) is 25.3 Å². The van der Waals surface area contributed by atoms with Gasteiger partial charge in [-0.1, -0.05) is 30.4 Å². The van der Waals surface area contributed by atoms with Crippen LogP contribution in [-0.4, -0.2) is 0 Å². The summed E-state index contributed by atoms with van der Waals surface area (Å²) in [4.78, 5) is 0. The number of allylic oxidation sites excluding steroid dienone is 5. The predicted molar refractivity (Wildman–Crippen MR) is 41.3 cm³/mol. The molecule has 9 heavy (non-hydrogen) atoms. The van der Waals surface area contributed by atoms with Crippen LogP contribution in [-0.2, 0) is 0 Å². The van der Waals surface area contributed by atoms with Gasteiger partial charge in [-0.15, -0.1) is 0 Å². The summed E-state index contributed by atoms with van der Waals surface area (Å²) in [6, 6.07) is 0. The lowest BCUT2D eigenvalue weighted by molar-refractivity contribution is 1.19. The standard InChI is InChI=1S/C9H12/c1-3-4-9-6-5-8(2)7-9/h3-4,6H,2,5,7H2,1H3/b4-3+. The molecule has 0 radical (unpaired) electrons. The number of hydrogen-bond acceptors (Lipinski definition) is 0. The van der Waals surface area contributed by atoms with E-state index in [2.05, 4.69) is 24.8 Å². The molecule has 1 aliphatic rings. The molecule has 0 amide bonds. The highest BCUT2D eigenvalue weighted by atomic mass is 14.1. The van der Waals surface area contributed by atoms with Crippen molar-refractivity contribution >= 4 is 0 Å². The lowest BCUT2D eigenvalue weighted by Gasteiger charge is -1.89. The molecule has 0 fully saturated rings. The minimum atomic E-state index is 1.08. The van der Waals surface area contributed by atoms with Gasteiger partial charge < -0.3 is 0 Å². The van der Waals surface area contributed by atoms with Crippen molar-refractivity contribution in [3.8, 4) is 0 Å². The van der Waals surface area contributed by atoms with E-state index in [1.54, 1.807) is 0 Å². The second kappa shape index (κ2) is 2.67. The summed E-state index contributed by atoms with van der Waals surface area (Å²) in [5.41, 5.74) is 2.76. The molecule has 0 atom stereocenters. The highest BCUT2D eigenvalue weighted by Gasteiger charge is 2.02. The molecule has 0 spiro atoms. The zero-order valence-electron chi connectivity index (χ0n) is 5.85. The van der Waals surface area contributed by atoms with E-state index in [1.165, 1.54) is 11.1 Å². The summed E-state index contributed by atoms with van der Waals surface area (Å²) in [6.07, 6.45) is 8.63. The van der Waals surface area contributed by atoms with E-state index >= 15 is 0 Å². The second-order valence-electron chi connectivity index (χ2n) is 2.41. The van der Waals surface area contributed by atoms with Crippen molar-refractivity contribution in [1.29, 1.82) is 0 Å². The van der Waals surface area contributed by atoms with Crippen molar-refractivity contribution in [2.24, 2.45) is 0 Å². The fraction of sp³-hybridized carbons (Fsp3) is 0.333. The van der Waals surface area contributed by atoms with Gasteiger partial charge in [-0.2, -0.15) is 0 Å². The lowest BCUT2D eigenvalue weighted by Crippen LogP contribution is -1.69. The van der Waals surface area contributed by atoms with Crippen molar-refractivity contribution in [3.63, 3.8) is 0 Å². The Morgan fingerprint density at radius 3 is 2.89 bits per heavy atom. The highest BCUT2D eigenvalue weighted by Crippen LogP contribution is 2.22. The molecule has 0 saturated carbocycles. The molecular formula is C9H12. The van der Waals surface area contributed by atoms with Gasteiger partial charge in [-0.3, -0.25) is 0 Å². The average Bonchev–Trinajstić information content (AvgIpc) is 2.17. The molecule has 1 aliphatic carbocycles. The lowest BCUT2D eigenvalue weighted by atomic mass is 10.2. The zero-order chi connectivity index (χ0) is 6.69. The molecule has 0 aliphatic heterocycles. The molecule has 0 unspecified atom stereocenters. The van der Waals surface area contributed by atoms with Crippen molar-refractivity contribution < 1.29 is 0 Å². The second-order valence-corrected chi connectivity index (χ2v) is 2.41. The molecule has 0 saturated heterocycles. The summed E-state index contributed by atoms with van der Waals surface area (Å²) in [5.74, 6) is 0. The van der Waals surface area contributed by atoms with Crippen LogP contribution in [0.4, 0.5) is 0 Å². The molecule has 48 valence electrons. The summed E-state index contributed by atoms with van der Waals surface area (Å²) in [7, 11) is 0. The van der Waals surface area contributed by atoms with Gasteiger partial charge in [0.25, 0.3) is 0 Å². The van der Waals surface area contributed by atoms with Crippen LogP contribution in [0.5, 0.6) is 0 Å². The maximum atomic E-state index is 3.90. The van der Waals surface area contributed by atoms with Gasteiger partial charge >= 0.3 is 0 Å². The van der Waals surface area contributed by atoms with E-state index in [9.17, 15) is 0 Å². The van der Waals surface area contributed by atoms with Crippen LogP contribution in [0.1, 0.15) is 19.8 Å². The zero-order valence-corrected chi connectivity index (χ0v) is 5.85. The minimum absolute atomic E-state index is 1.08.